The van der Waals surface area contributed by atoms with Crippen LogP contribution >= 0.6 is 0 Å². The number of carbonyl (C=O) groups is 2. The van der Waals surface area contributed by atoms with E-state index in [1.165, 1.54) is 0 Å². The van der Waals surface area contributed by atoms with E-state index in [0.717, 1.165) is 0 Å². The summed E-state index contributed by atoms with van der Waals surface area (Å²) < 4.78 is 5.57. The quantitative estimate of drug-likeness (QED) is 0.646. The van der Waals surface area contributed by atoms with Crippen molar-refractivity contribution in [2.24, 2.45) is 0 Å². The molecule has 0 saturated carbocycles. The molecule has 2 aromatic carbocycles. The molecule has 17 heavy (non-hydrogen) atoms. The third kappa shape index (κ3) is 1.61. The highest BCUT2D eigenvalue weighted by atomic mass is 16.5. The average Bonchev–Trinajstić information content (AvgIpc) is 2.37. The summed E-state index contributed by atoms with van der Waals surface area (Å²) in [5.74, 6) is 0.201. The minimum Gasteiger partial charge on any atom is -0.457 e. The van der Waals surface area contributed by atoms with Gasteiger partial charge in [0, 0.05) is 11.1 Å². The summed E-state index contributed by atoms with van der Waals surface area (Å²) in [4.78, 5) is 23.8. The van der Waals surface area contributed by atoms with Crippen molar-refractivity contribution in [3.63, 3.8) is 0 Å². The van der Waals surface area contributed by atoms with Crippen molar-refractivity contribution < 1.29 is 14.3 Å². The Kier molecular flexibility index (Phi) is 2.05. The van der Waals surface area contributed by atoms with Gasteiger partial charge in [-0.25, -0.2) is 0 Å². The molecule has 0 spiro atoms. The van der Waals surface area contributed by atoms with Gasteiger partial charge < -0.3 is 4.74 Å². The zero-order valence-electron chi connectivity index (χ0n) is 8.84. The third-order valence-corrected chi connectivity index (χ3v) is 2.65. The van der Waals surface area contributed by atoms with Crippen LogP contribution in [0.25, 0.3) is 0 Å². The van der Waals surface area contributed by atoms with Crippen molar-refractivity contribution in [2.45, 2.75) is 0 Å². The van der Waals surface area contributed by atoms with Crippen LogP contribution in [0.3, 0.4) is 0 Å². The maximum Gasteiger partial charge on any atom is 0.233 e. The summed E-state index contributed by atoms with van der Waals surface area (Å²) in [6.07, 6.45) is 0. The van der Waals surface area contributed by atoms with Crippen LogP contribution in [0.1, 0.15) is 20.7 Å². The third-order valence-electron chi connectivity index (χ3n) is 2.65. The van der Waals surface area contributed by atoms with Crippen LogP contribution in [0.5, 0.6) is 11.5 Å². The van der Waals surface area contributed by atoms with Crippen molar-refractivity contribution in [1.29, 1.82) is 0 Å². The van der Waals surface area contributed by atoms with Crippen molar-refractivity contribution in [3.05, 3.63) is 59.7 Å². The minimum atomic E-state index is -0.509. The summed E-state index contributed by atoms with van der Waals surface area (Å²) in [7, 11) is 0. The van der Waals surface area contributed by atoms with Gasteiger partial charge in [-0.3, -0.25) is 9.59 Å². The topological polar surface area (TPSA) is 43.4 Å². The highest BCUT2D eigenvalue weighted by Gasteiger charge is 2.20. The van der Waals surface area contributed by atoms with Crippen molar-refractivity contribution in [1.82, 2.24) is 0 Å². The highest BCUT2D eigenvalue weighted by molar-refractivity contribution is 6.49. The predicted octanol–water partition coefficient (Wildman–Crippen LogP) is 2.86. The molecular weight excluding hydrogens is 216 g/mol. The fraction of sp³-hybridized carbons (Fsp3) is 0. The van der Waals surface area contributed by atoms with E-state index in [1.807, 2.05) is 0 Å². The maximum absolute atomic E-state index is 11.9. The molecule has 0 unspecified atom stereocenters. The molecule has 82 valence electrons. The molecule has 0 amide bonds. The molecular formula is C14H8O3. The lowest BCUT2D eigenvalue weighted by Gasteiger charge is -2.10. The minimum absolute atomic E-state index is 0.356. The van der Waals surface area contributed by atoms with E-state index >= 15 is 0 Å². The molecule has 4 bridgehead atoms. The fourth-order valence-corrected chi connectivity index (χ4v) is 1.77. The molecule has 0 radical (unpaired) electrons. The molecule has 0 aliphatic carbocycles. The first-order chi connectivity index (χ1) is 8.24. The van der Waals surface area contributed by atoms with Crippen LogP contribution in [0.15, 0.2) is 48.5 Å². The number of hydrogen-bond acceptors (Lipinski definition) is 3. The Hall–Kier alpha value is -2.42. The number of carbonyl (C=O) groups excluding carboxylic acids is 2. The Labute approximate surface area is 97.6 Å². The van der Waals surface area contributed by atoms with Gasteiger partial charge >= 0.3 is 0 Å². The Bertz CT molecular complexity index is 612. The molecule has 4 rings (SSSR count). The molecule has 0 atom stereocenters. The maximum atomic E-state index is 11.9. The summed E-state index contributed by atoms with van der Waals surface area (Å²) in [5.41, 5.74) is 0.740. The molecule has 3 heteroatoms. The van der Waals surface area contributed by atoms with Crippen molar-refractivity contribution in [2.75, 3.05) is 0 Å². The first-order valence-electron chi connectivity index (χ1n) is 5.21. The molecule has 0 fully saturated rings. The monoisotopic (exact) mass is 224 g/mol. The van der Waals surface area contributed by atoms with Crippen LogP contribution in [-0.2, 0) is 0 Å². The SMILES string of the molecule is O=C1C(=O)c2cccc(c2)Oc2ccc1cc2. The zero-order valence-corrected chi connectivity index (χ0v) is 8.84. The Morgan fingerprint density at radius 2 is 1.41 bits per heavy atom. The van der Waals surface area contributed by atoms with Gasteiger partial charge in [-0.1, -0.05) is 12.1 Å². The first-order valence-corrected chi connectivity index (χ1v) is 5.21. The van der Waals surface area contributed by atoms with Gasteiger partial charge in [-0.05, 0) is 36.4 Å². The van der Waals surface area contributed by atoms with E-state index in [1.54, 1.807) is 48.5 Å². The Balaban J connectivity index is 2.25. The number of Topliss-reactive ketones (excluding diaryl/α,β-unsaturated/α-hetero) is 2. The number of fused-ring (bicyclic) bond motifs is 3. The number of benzene rings is 2. The lowest BCUT2D eigenvalue weighted by molar-refractivity contribution is 0.0816. The van der Waals surface area contributed by atoms with Gasteiger partial charge in [-0.2, -0.15) is 0 Å². The van der Waals surface area contributed by atoms with Gasteiger partial charge in [0.05, 0.1) is 0 Å². The van der Waals surface area contributed by atoms with Crippen molar-refractivity contribution in [3.8, 4) is 11.5 Å². The van der Waals surface area contributed by atoms with Crippen LogP contribution < -0.4 is 4.74 Å². The molecule has 2 aliphatic heterocycles. The second-order valence-electron chi connectivity index (χ2n) is 3.81. The van der Waals surface area contributed by atoms with Crippen LogP contribution in [0.2, 0.25) is 0 Å². The number of ketones is 2. The molecule has 2 heterocycles. The van der Waals surface area contributed by atoms with Crippen LogP contribution in [-0.4, -0.2) is 11.6 Å². The first kappa shape index (κ1) is 9.78. The van der Waals surface area contributed by atoms with E-state index in [-0.39, 0.29) is 0 Å². The fourth-order valence-electron chi connectivity index (χ4n) is 1.77. The summed E-state index contributed by atoms with van der Waals surface area (Å²) in [6.45, 7) is 0. The summed E-state index contributed by atoms with van der Waals surface area (Å²) in [5, 5.41) is 0. The van der Waals surface area contributed by atoms with Gasteiger partial charge in [0.15, 0.2) is 0 Å². The molecule has 3 nitrogen and oxygen atoms in total. The second kappa shape index (κ2) is 3.56. The Morgan fingerprint density at radius 3 is 2.18 bits per heavy atom. The second-order valence-corrected chi connectivity index (χ2v) is 3.81. The lowest BCUT2D eigenvalue weighted by atomic mass is 10.0. The summed E-state index contributed by atoms with van der Waals surface area (Å²) in [6, 6.07) is 13.2. The number of ether oxygens (including phenoxy) is 1. The zero-order chi connectivity index (χ0) is 11.8. The molecule has 0 saturated heterocycles. The van der Waals surface area contributed by atoms with Crippen LogP contribution in [0, 0.1) is 0 Å². The van der Waals surface area contributed by atoms with Gasteiger partial charge in [0.25, 0.3) is 0 Å². The van der Waals surface area contributed by atoms with Gasteiger partial charge in [0.1, 0.15) is 11.5 Å². The predicted molar refractivity (Wildman–Crippen MR) is 61.6 cm³/mol. The van der Waals surface area contributed by atoms with Gasteiger partial charge in [-0.15, -0.1) is 0 Å². The normalized spacial score (nSPS) is 13.4. The Morgan fingerprint density at radius 1 is 0.706 bits per heavy atom. The average molecular weight is 224 g/mol. The molecule has 0 N–H and O–H groups in total. The summed E-state index contributed by atoms with van der Waals surface area (Å²) >= 11 is 0. The van der Waals surface area contributed by atoms with Gasteiger partial charge in [0.2, 0.25) is 11.6 Å². The largest absolute Gasteiger partial charge is 0.457 e. The van der Waals surface area contributed by atoms with E-state index < -0.39 is 11.6 Å². The molecule has 0 aromatic heterocycles. The van der Waals surface area contributed by atoms with Crippen LogP contribution in [0.4, 0.5) is 0 Å². The smallest absolute Gasteiger partial charge is 0.233 e. The highest BCUT2D eigenvalue weighted by Crippen LogP contribution is 2.25. The standard InChI is InChI=1S/C14H8O3/c15-13-9-4-6-11(7-5-9)17-12-3-1-2-10(8-12)14(13)16/h1-8H. The van der Waals surface area contributed by atoms with Crippen molar-refractivity contribution >= 4 is 11.6 Å². The lowest BCUT2D eigenvalue weighted by Crippen LogP contribution is -2.15. The van der Waals surface area contributed by atoms with E-state index in [2.05, 4.69) is 0 Å². The van der Waals surface area contributed by atoms with E-state index in [9.17, 15) is 9.59 Å². The molecule has 2 aromatic rings. The van der Waals surface area contributed by atoms with E-state index in [0.29, 0.717) is 22.6 Å². The van der Waals surface area contributed by atoms with E-state index in [4.69, 9.17) is 4.74 Å². The number of rotatable bonds is 0. The number of hydrogen-bond donors (Lipinski definition) is 0. The molecule has 2 aliphatic rings.